The maximum absolute atomic E-state index is 8.63. The molecule has 0 saturated carbocycles. The van der Waals surface area contributed by atoms with Crippen LogP contribution < -0.4 is 5.32 Å². The molecule has 0 radical (unpaired) electrons. The van der Waals surface area contributed by atoms with E-state index in [1.807, 2.05) is 6.07 Å². The number of imidazole rings is 1. The molecule has 2 aromatic heterocycles. The molecule has 2 heterocycles. The van der Waals surface area contributed by atoms with E-state index < -0.39 is 0 Å². The summed E-state index contributed by atoms with van der Waals surface area (Å²) in [5.74, 6) is 0.434. The minimum atomic E-state index is 0.345. The Morgan fingerprint density at radius 1 is 1.53 bits per heavy atom. The molecule has 0 aliphatic heterocycles. The fourth-order valence-corrected chi connectivity index (χ4v) is 1.06. The van der Waals surface area contributed by atoms with Crippen LogP contribution in [-0.4, -0.2) is 19.9 Å². The Hall–Kier alpha value is -2.42. The van der Waals surface area contributed by atoms with Gasteiger partial charge in [-0.25, -0.2) is 15.0 Å². The van der Waals surface area contributed by atoms with Crippen LogP contribution in [0.1, 0.15) is 11.4 Å². The summed E-state index contributed by atoms with van der Waals surface area (Å²) in [7, 11) is 0. The lowest BCUT2D eigenvalue weighted by molar-refractivity contribution is 1.01. The second-order valence-electron chi connectivity index (χ2n) is 2.81. The first-order valence-electron chi connectivity index (χ1n) is 4.33. The van der Waals surface area contributed by atoms with Gasteiger partial charge in [-0.3, -0.25) is 0 Å². The van der Waals surface area contributed by atoms with Crippen LogP contribution in [0.3, 0.4) is 0 Å². The zero-order valence-electron chi connectivity index (χ0n) is 7.81. The number of hydrogen-bond donors (Lipinski definition) is 2. The predicted molar refractivity (Wildman–Crippen MR) is 52.7 cm³/mol. The van der Waals surface area contributed by atoms with E-state index in [0.717, 1.165) is 5.69 Å². The zero-order valence-corrected chi connectivity index (χ0v) is 7.81. The third-order valence-corrected chi connectivity index (χ3v) is 1.76. The van der Waals surface area contributed by atoms with Gasteiger partial charge in [-0.05, 0) is 6.07 Å². The van der Waals surface area contributed by atoms with Crippen molar-refractivity contribution in [1.82, 2.24) is 19.9 Å². The Balaban J connectivity index is 2.02. The molecule has 2 aromatic rings. The molecule has 0 aliphatic carbocycles. The minimum absolute atomic E-state index is 0.345. The van der Waals surface area contributed by atoms with Crippen LogP contribution in [-0.2, 0) is 6.54 Å². The molecule has 15 heavy (non-hydrogen) atoms. The first-order valence-corrected chi connectivity index (χ1v) is 4.33. The van der Waals surface area contributed by atoms with E-state index in [9.17, 15) is 0 Å². The quantitative estimate of drug-likeness (QED) is 0.760. The van der Waals surface area contributed by atoms with E-state index >= 15 is 0 Å². The third-order valence-electron chi connectivity index (χ3n) is 1.76. The third kappa shape index (κ3) is 2.28. The highest BCUT2D eigenvalue weighted by Crippen LogP contribution is 2.01. The molecule has 0 amide bonds. The van der Waals surface area contributed by atoms with Crippen molar-refractivity contribution in [2.75, 3.05) is 5.32 Å². The predicted octanol–water partition coefficient (Wildman–Crippen LogP) is 0.683. The highest BCUT2D eigenvalue weighted by molar-refractivity contribution is 5.30. The van der Waals surface area contributed by atoms with E-state index in [1.54, 1.807) is 24.8 Å². The molecule has 6 nitrogen and oxygen atoms in total. The van der Waals surface area contributed by atoms with Crippen molar-refractivity contribution in [3.8, 4) is 6.07 Å². The van der Waals surface area contributed by atoms with Gasteiger partial charge in [-0.15, -0.1) is 0 Å². The van der Waals surface area contributed by atoms with Crippen LogP contribution in [0.5, 0.6) is 0 Å². The molecule has 6 heteroatoms. The summed E-state index contributed by atoms with van der Waals surface area (Å²) in [5, 5.41) is 11.6. The van der Waals surface area contributed by atoms with Gasteiger partial charge in [0.1, 0.15) is 11.8 Å². The monoisotopic (exact) mass is 200 g/mol. The molecule has 0 unspecified atom stereocenters. The summed E-state index contributed by atoms with van der Waals surface area (Å²) in [5.41, 5.74) is 1.28. The minimum Gasteiger partial charge on any atom is -0.349 e. The SMILES string of the molecule is N#Cc1ccnc(NCc2cnc[nH]2)n1. The normalized spacial score (nSPS) is 9.53. The lowest BCUT2D eigenvalue weighted by Crippen LogP contribution is -2.04. The summed E-state index contributed by atoms with van der Waals surface area (Å²) >= 11 is 0. The van der Waals surface area contributed by atoms with Crippen molar-refractivity contribution in [1.29, 1.82) is 5.26 Å². The molecule has 0 atom stereocenters. The Bertz CT molecular complexity index is 470. The number of rotatable bonds is 3. The number of hydrogen-bond acceptors (Lipinski definition) is 5. The van der Waals surface area contributed by atoms with Gasteiger partial charge in [-0.1, -0.05) is 0 Å². The van der Waals surface area contributed by atoms with Crippen LogP contribution in [0, 0.1) is 11.3 Å². The summed E-state index contributed by atoms with van der Waals surface area (Å²) in [6.45, 7) is 0.550. The highest BCUT2D eigenvalue weighted by atomic mass is 15.1. The molecule has 0 saturated heterocycles. The van der Waals surface area contributed by atoms with Gasteiger partial charge in [0, 0.05) is 12.4 Å². The molecule has 0 aromatic carbocycles. The van der Waals surface area contributed by atoms with Crippen LogP contribution >= 0.6 is 0 Å². The topological polar surface area (TPSA) is 90.3 Å². The van der Waals surface area contributed by atoms with Crippen molar-refractivity contribution >= 4 is 5.95 Å². The number of nitrogens with zero attached hydrogens (tertiary/aromatic N) is 4. The van der Waals surface area contributed by atoms with Crippen molar-refractivity contribution < 1.29 is 0 Å². The fraction of sp³-hybridized carbons (Fsp3) is 0.111. The van der Waals surface area contributed by atoms with Crippen molar-refractivity contribution in [2.24, 2.45) is 0 Å². The van der Waals surface area contributed by atoms with Crippen LogP contribution in [0.2, 0.25) is 0 Å². The smallest absolute Gasteiger partial charge is 0.224 e. The molecule has 2 N–H and O–H groups in total. The van der Waals surface area contributed by atoms with Gasteiger partial charge < -0.3 is 10.3 Å². The van der Waals surface area contributed by atoms with E-state index in [0.29, 0.717) is 18.2 Å². The molecule has 0 spiro atoms. The van der Waals surface area contributed by atoms with Crippen molar-refractivity contribution in [3.05, 3.63) is 36.2 Å². The van der Waals surface area contributed by atoms with Crippen molar-refractivity contribution in [3.63, 3.8) is 0 Å². The molecular formula is C9H8N6. The number of aromatic amines is 1. The van der Waals surface area contributed by atoms with Crippen LogP contribution in [0.15, 0.2) is 24.8 Å². The van der Waals surface area contributed by atoms with E-state index in [4.69, 9.17) is 5.26 Å². The summed E-state index contributed by atoms with van der Waals surface area (Å²) in [6, 6.07) is 3.51. The number of aromatic nitrogens is 4. The van der Waals surface area contributed by atoms with Gasteiger partial charge in [0.25, 0.3) is 0 Å². The lowest BCUT2D eigenvalue weighted by atomic mass is 10.4. The zero-order chi connectivity index (χ0) is 10.5. The second kappa shape index (κ2) is 4.19. The number of nitrogens with one attached hydrogen (secondary N) is 2. The van der Waals surface area contributed by atoms with Gasteiger partial charge in [0.15, 0.2) is 0 Å². The fourth-order valence-electron chi connectivity index (χ4n) is 1.06. The van der Waals surface area contributed by atoms with Gasteiger partial charge in [-0.2, -0.15) is 5.26 Å². The maximum Gasteiger partial charge on any atom is 0.224 e. The summed E-state index contributed by atoms with van der Waals surface area (Å²) < 4.78 is 0. The largest absolute Gasteiger partial charge is 0.349 e. The van der Waals surface area contributed by atoms with Crippen molar-refractivity contribution in [2.45, 2.75) is 6.54 Å². The molecule has 0 fully saturated rings. The second-order valence-corrected chi connectivity index (χ2v) is 2.81. The van der Waals surface area contributed by atoms with Gasteiger partial charge >= 0.3 is 0 Å². The average Bonchev–Trinajstić information content (AvgIpc) is 2.79. The molecule has 0 bridgehead atoms. The Kier molecular flexibility index (Phi) is 2.56. The first kappa shape index (κ1) is 9.15. The number of anilines is 1. The van der Waals surface area contributed by atoms with E-state index in [2.05, 4.69) is 25.3 Å². The number of nitriles is 1. The van der Waals surface area contributed by atoms with E-state index in [-0.39, 0.29) is 0 Å². The average molecular weight is 200 g/mol. The lowest BCUT2D eigenvalue weighted by Gasteiger charge is -2.01. The molecule has 74 valence electrons. The van der Waals surface area contributed by atoms with Gasteiger partial charge in [0.05, 0.1) is 18.6 Å². The molecular weight excluding hydrogens is 192 g/mol. The maximum atomic E-state index is 8.63. The van der Waals surface area contributed by atoms with Gasteiger partial charge in [0.2, 0.25) is 5.95 Å². The van der Waals surface area contributed by atoms with E-state index in [1.165, 1.54) is 0 Å². The molecule has 0 aliphatic rings. The van der Waals surface area contributed by atoms with Crippen LogP contribution in [0.25, 0.3) is 0 Å². The van der Waals surface area contributed by atoms with Crippen LogP contribution in [0.4, 0.5) is 5.95 Å². The Morgan fingerprint density at radius 2 is 2.47 bits per heavy atom. The first-order chi connectivity index (χ1) is 7.38. The summed E-state index contributed by atoms with van der Waals surface area (Å²) in [4.78, 5) is 14.8. The molecule has 2 rings (SSSR count). The standard InChI is InChI=1S/C9H8N6/c10-3-7-1-2-12-9(15-7)13-5-8-4-11-6-14-8/h1-2,4,6H,5H2,(H,11,14)(H,12,13,15). The number of H-pyrrole nitrogens is 1. The summed E-state index contributed by atoms with van der Waals surface area (Å²) in [6.07, 6.45) is 4.85. The Morgan fingerprint density at radius 3 is 3.20 bits per heavy atom. The highest BCUT2D eigenvalue weighted by Gasteiger charge is 1.98. The Labute approximate surface area is 86.0 Å².